The number of aryl methyl sites for hydroxylation is 1. The van der Waals surface area contributed by atoms with E-state index in [0.717, 1.165) is 0 Å². The van der Waals surface area contributed by atoms with Crippen molar-refractivity contribution in [2.45, 2.75) is 33.4 Å². The lowest BCUT2D eigenvalue weighted by molar-refractivity contribution is -0.121. The molecule has 0 aliphatic rings. The zero-order chi connectivity index (χ0) is 11.4. The maximum Gasteiger partial charge on any atom is 0.234 e. The summed E-state index contributed by atoms with van der Waals surface area (Å²) >= 11 is 1.74. The summed E-state index contributed by atoms with van der Waals surface area (Å²) in [5.41, 5.74) is 5.31. The monoisotopic (exact) mass is 226 g/mol. The molecule has 1 heterocycles. The molecule has 1 unspecified atom stereocenters. The van der Waals surface area contributed by atoms with Gasteiger partial charge in [-0.15, -0.1) is 11.3 Å². The molecule has 15 heavy (non-hydrogen) atoms. The van der Waals surface area contributed by atoms with Crippen molar-refractivity contribution in [2.24, 2.45) is 11.7 Å². The topological polar surface area (TPSA) is 55.1 Å². The smallest absolute Gasteiger partial charge is 0.234 e. The number of thiophene rings is 1. The normalized spacial score (nSPS) is 13.1. The zero-order valence-corrected chi connectivity index (χ0v) is 10.2. The first-order chi connectivity index (χ1) is 7.00. The molecule has 0 bridgehead atoms. The van der Waals surface area contributed by atoms with Crippen LogP contribution in [-0.2, 0) is 11.3 Å². The molecule has 0 aromatic carbocycles. The highest BCUT2D eigenvalue weighted by molar-refractivity contribution is 7.11. The molecular weight excluding hydrogens is 208 g/mol. The molecule has 0 radical (unpaired) electrons. The Morgan fingerprint density at radius 2 is 2.20 bits per heavy atom. The van der Waals surface area contributed by atoms with Gasteiger partial charge in [-0.2, -0.15) is 0 Å². The van der Waals surface area contributed by atoms with Gasteiger partial charge in [0.15, 0.2) is 0 Å². The molecular formula is C11H18N2OS. The predicted octanol–water partition coefficient (Wildman–Crippen LogP) is 1.66. The summed E-state index contributed by atoms with van der Waals surface area (Å²) in [6, 6.07) is 3.91. The van der Waals surface area contributed by atoms with Crippen LogP contribution in [0.15, 0.2) is 12.1 Å². The van der Waals surface area contributed by atoms with Gasteiger partial charge < -0.3 is 11.1 Å². The molecule has 0 fully saturated rings. The second-order valence-electron chi connectivity index (χ2n) is 4.02. The van der Waals surface area contributed by atoms with Gasteiger partial charge in [0.25, 0.3) is 0 Å². The van der Waals surface area contributed by atoms with E-state index < -0.39 is 0 Å². The first-order valence-electron chi connectivity index (χ1n) is 5.08. The van der Waals surface area contributed by atoms with Crippen LogP contribution in [0.1, 0.15) is 23.6 Å². The largest absolute Gasteiger partial charge is 0.368 e. The van der Waals surface area contributed by atoms with E-state index in [9.17, 15) is 4.79 Å². The van der Waals surface area contributed by atoms with Crippen LogP contribution in [0.2, 0.25) is 0 Å². The van der Waals surface area contributed by atoms with Crippen LogP contribution in [0.5, 0.6) is 0 Å². The summed E-state index contributed by atoms with van der Waals surface area (Å²) in [6.07, 6.45) is 0. The average molecular weight is 226 g/mol. The Hall–Kier alpha value is -0.870. The quantitative estimate of drug-likeness (QED) is 0.802. The van der Waals surface area contributed by atoms with Gasteiger partial charge in [0.05, 0.1) is 6.04 Å². The second kappa shape index (κ2) is 5.28. The van der Waals surface area contributed by atoms with Crippen LogP contribution in [0.4, 0.5) is 0 Å². The fraction of sp³-hybridized carbons (Fsp3) is 0.545. The van der Waals surface area contributed by atoms with E-state index in [-0.39, 0.29) is 17.9 Å². The van der Waals surface area contributed by atoms with Gasteiger partial charge in [0.2, 0.25) is 5.91 Å². The molecule has 1 amide bonds. The maximum absolute atomic E-state index is 11.1. The Labute approximate surface area is 94.7 Å². The van der Waals surface area contributed by atoms with Gasteiger partial charge in [0, 0.05) is 16.3 Å². The number of primary amides is 1. The van der Waals surface area contributed by atoms with Crippen molar-refractivity contribution < 1.29 is 4.79 Å². The van der Waals surface area contributed by atoms with Crippen LogP contribution in [-0.4, -0.2) is 11.9 Å². The molecule has 1 aromatic rings. The Balaban J connectivity index is 2.50. The molecule has 1 rings (SSSR count). The van der Waals surface area contributed by atoms with Gasteiger partial charge in [0.1, 0.15) is 0 Å². The number of hydrogen-bond donors (Lipinski definition) is 2. The fourth-order valence-electron chi connectivity index (χ4n) is 1.46. The third-order valence-corrected chi connectivity index (χ3v) is 3.27. The highest BCUT2D eigenvalue weighted by atomic mass is 32.1. The van der Waals surface area contributed by atoms with Gasteiger partial charge in [-0.25, -0.2) is 0 Å². The van der Waals surface area contributed by atoms with Crippen LogP contribution in [0, 0.1) is 12.8 Å². The fourth-order valence-corrected chi connectivity index (χ4v) is 2.30. The number of nitrogens with two attached hydrogens (primary N) is 1. The maximum atomic E-state index is 11.1. The van der Waals surface area contributed by atoms with Crippen molar-refractivity contribution in [3.63, 3.8) is 0 Å². The lowest BCUT2D eigenvalue weighted by Gasteiger charge is -2.18. The van der Waals surface area contributed by atoms with E-state index in [1.807, 2.05) is 13.8 Å². The first kappa shape index (κ1) is 12.2. The molecule has 3 nitrogen and oxygen atoms in total. The average Bonchev–Trinajstić information content (AvgIpc) is 2.50. The van der Waals surface area contributed by atoms with Crippen molar-refractivity contribution in [3.05, 3.63) is 21.9 Å². The van der Waals surface area contributed by atoms with Gasteiger partial charge in [-0.05, 0) is 25.0 Å². The molecule has 1 aromatic heterocycles. The number of nitrogens with one attached hydrogen (secondary N) is 1. The lowest BCUT2D eigenvalue weighted by atomic mass is 10.0. The van der Waals surface area contributed by atoms with Crippen LogP contribution < -0.4 is 11.1 Å². The minimum Gasteiger partial charge on any atom is -0.368 e. The number of carbonyl (C=O) groups excluding carboxylic acids is 1. The van der Waals surface area contributed by atoms with E-state index in [4.69, 9.17) is 5.73 Å². The summed E-state index contributed by atoms with van der Waals surface area (Å²) < 4.78 is 0. The molecule has 0 aliphatic heterocycles. The number of rotatable bonds is 5. The van der Waals surface area contributed by atoms with Crippen molar-refractivity contribution in [2.75, 3.05) is 0 Å². The molecule has 0 spiro atoms. The second-order valence-corrected chi connectivity index (χ2v) is 5.39. The Morgan fingerprint density at radius 1 is 1.53 bits per heavy atom. The molecule has 4 heteroatoms. The predicted molar refractivity (Wildman–Crippen MR) is 63.7 cm³/mol. The van der Waals surface area contributed by atoms with Crippen molar-refractivity contribution >= 4 is 17.2 Å². The summed E-state index contributed by atoms with van der Waals surface area (Å²) in [4.78, 5) is 13.7. The highest BCUT2D eigenvalue weighted by Crippen LogP contribution is 2.15. The number of carbonyl (C=O) groups is 1. The molecule has 0 saturated carbocycles. The van der Waals surface area contributed by atoms with E-state index in [2.05, 4.69) is 24.4 Å². The number of amides is 1. The number of hydrogen-bond acceptors (Lipinski definition) is 3. The summed E-state index contributed by atoms with van der Waals surface area (Å²) in [5.74, 6) is -0.0539. The zero-order valence-electron chi connectivity index (χ0n) is 9.41. The molecule has 1 atom stereocenters. The third kappa shape index (κ3) is 3.64. The Kier molecular flexibility index (Phi) is 4.29. The molecule has 0 aliphatic carbocycles. The SMILES string of the molecule is Cc1ccc(CNC(C(N)=O)C(C)C)s1. The summed E-state index contributed by atoms with van der Waals surface area (Å²) in [6.45, 7) is 6.76. The highest BCUT2D eigenvalue weighted by Gasteiger charge is 2.18. The summed E-state index contributed by atoms with van der Waals surface area (Å²) in [5, 5.41) is 3.18. The van der Waals surface area contributed by atoms with E-state index in [0.29, 0.717) is 6.54 Å². The minimum atomic E-state index is -0.279. The van der Waals surface area contributed by atoms with E-state index in [1.165, 1.54) is 9.75 Å². The molecule has 84 valence electrons. The van der Waals surface area contributed by atoms with Gasteiger partial charge in [-0.3, -0.25) is 4.79 Å². The van der Waals surface area contributed by atoms with Crippen molar-refractivity contribution in [3.8, 4) is 0 Å². The molecule has 3 N–H and O–H groups in total. The standard InChI is InChI=1S/C11H18N2OS/c1-7(2)10(11(12)14)13-6-9-5-4-8(3)15-9/h4-5,7,10,13H,6H2,1-3H3,(H2,12,14). The van der Waals surface area contributed by atoms with Gasteiger partial charge >= 0.3 is 0 Å². The van der Waals surface area contributed by atoms with E-state index >= 15 is 0 Å². The van der Waals surface area contributed by atoms with Gasteiger partial charge in [-0.1, -0.05) is 13.8 Å². The first-order valence-corrected chi connectivity index (χ1v) is 5.90. The lowest BCUT2D eigenvalue weighted by Crippen LogP contribution is -2.44. The Morgan fingerprint density at radius 3 is 2.60 bits per heavy atom. The Bertz CT molecular complexity index is 333. The minimum absolute atomic E-state index is 0.226. The van der Waals surface area contributed by atoms with Crippen molar-refractivity contribution in [1.29, 1.82) is 0 Å². The van der Waals surface area contributed by atoms with Crippen LogP contribution in [0.3, 0.4) is 0 Å². The van der Waals surface area contributed by atoms with Crippen LogP contribution >= 0.6 is 11.3 Å². The third-order valence-electron chi connectivity index (χ3n) is 2.27. The molecule has 0 saturated heterocycles. The summed E-state index contributed by atoms with van der Waals surface area (Å²) in [7, 11) is 0. The van der Waals surface area contributed by atoms with Crippen LogP contribution in [0.25, 0.3) is 0 Å². The van der Waals surface area contributed by atoms with E-state index in [1.54, 1.807) is 11.3 Å². The van der Waals surface area contributed by atoms with Crippen molar-refractivity contribution in [1.82, 2.24) is 5.32 Å².